The normalized spacial score (nSPS) is 13.7. The molecule has 0 atom stereocenters. The van der Waals surface area contributed by atoms with Crippen LogP contribution in [-0.2, 0) is 11.3 Å². The Kier molecular flexibility index (Phi) is 4.95. The predicted octanol–water partition coefficient (Wildman–Crippen LogP) is 2.05. The molecule has 24 heavy (non-hydrogen) atoms. The summed E-state index contributed by atoms with van der Waals surface area (Å²) in [5, 5.41) is 5.56. The van der Waals surface area contributed by atoms with Crippen LogP contribution >= 0.6 is 0 Å². The number of carbonyl (C=O) groups is 2. The third kappa shape index (κ3) is 4.03. The van der Waals surface area contributed by atoms with E-state index in [2.05, 4.69) is 15.6 Å². The van der Waals surface area contributed by atoms with E-state index in [0.29, 0.717) is 25.4 Å². The molecular formula is C16H19N5O3. The fourth-order valence-electron chi connectivity index (χ4n) is 2.41. The fraction of sp³-hybridized carbons (Fsp3) is 0.312. The number of rotatable bonds is 6. The molecule has 0 unspecified atom stereocenters. The molecule has 1 aliphatic heterocycles. The van der Waals surface area contributed by atoms with Crippen molar-refractivity contribution >= 4 is 23.5 Å². The lowest BCUT2D eigenvalue weighted by molar-refractivity contribution is 0.181. The van der Waals surface area contributed by atoms with Gasteiger partial charge in [0.15, 0.2) is 0 Å². The van der Waals surface area contributed by atoms with Gasteiger partial charge in [-0.05, 0) is 30.7 Å². The van der Waals surface area contributed by atoms with E-state index >= 15 is 0 Å². The van der Waals surface area contributed by atoms with Gasteiger partial charge in [-0.2, -0.15) is 0 Å². The number of carbonyl (C=O) groups excluding carboxylic acids is 2. The van der Waals surface area contributed by atoms with E-state index in [4.69, 9.17) is 4.74 Å². The average molecular weight is 329 g/mol. The Bertz CT molecular complexity index is 684. The van der Waals surface area contributed by atoms with Gasteiger partial charge in [0, 0.05) is 36.9 Å². The average Bonchev–Trinajstić information content (AvgIpc) is 3.24. The van der Waals surface area contributed by atoms with E-state index in [0.717, 1.165) is 18.7 Å². The summed E-state index contributed by atoms with van der Waals surface area (Å²) in [5.74, 6) is 0. The molecule has 3 rings (SSSR count). The van der Waals surface area contributed by atoms with Crippen molar-refractivity contribution in [1.82, 2.24) is 14.9 Å². The molecular weight excluding hydrogens is 310 g/mol. The zero-order valence-electron chi connectivity index (χ0n) is 13.1. The molecule has 1 aromatic carbocycles. The van der Waals surface area contributed by atoms with Crippen molar-refractivity contribution in [2.75, 3.05) is 29.9 Å². The highest BCUT2D eigenvalue weighted by Gasteiger charge is 2.23. The highest BCUT2D eigenvalue weighted by Crippen LogP contribution is 2.20. The number of benzene rings is 1. The number of nitrogens with one attached hydrogen (secondary N) is 2. The molecule has 0 radical (unpaired) electrons. The van der Waals surface area contributed by atoms with Gasteiger partial charge in [0.25, 0.3) is 0 Å². The summed E-state index contributed by atoms with van der Waals surface area (Å²) in [7, 11) is 0. The number of nitrogens with zero attached hydrogens (tertiary/aromatic N) is 3. The van der Waals surface area contributed by atoms with Crippen LogP contribution in [0.3, 0.4) is 0 Å². The number of hydrogen-bond donors (Lipinski definition) is 2. The zero-order chi connectivity index (χ0) is 16.8. The monoisotopic (exact) mass is 329 g/mol. The van der Waals surface area contributed by atoms with Crippen molar-refractivity contribution in [3.8, 4) is 0 Å². The lowest BCUT2D eigenvalue weighted by Crippen LogP contribution is -2.30. The second-order valence-electron chi connectivity index (χ2n) is 5.35. The summed E-state index contributed by atoms with van der Waals surface area (Å²) in [6.45, 7) is 2.33. The van der Waals surface area contributed by atoms with Gasteiger partial charge in [0.1, 0.15) is 6.61 Å². The lowest BCUT2D eigenvalue weighted by atomic mass is 10.2. The van der Waals surface area contributed by atoms with Gasteiger partial charge < -0.3 is 19.9 Å². The predicted molar refractivity (Wildman–Crippen MR) is 89.0 cm³/mol. The minimum Gasteiger partial charge on any atom is -0.447 e. The molecule has 1 fully saturated rings. The second kappa shape index (κ2) is 7.49. The summed E-state index contributed by atoms with van der Waals surface area (Å²) in [6, 6.07) is 6.81. The van der Waals surface area contributed by atoms with E-state index in [1.807, 2.05) is 10.8 Å². The first-order chi connectivity index (χ1) is 11.7. The second-order valence-corrected chi connectivity index (χ2v) is 5.35. The molecule has 0 spiro atoms. The Morgan fingerprint density at radius 1 is 1.29 bits per heavy atom. The Morgan fingerprint density at radius 3 is 2.79 bits per heavy atom. The van der Waals surface area contributed by atoms with Crippen molar-refractivity contribution in [2.45, 2.75) is 13.0 Å². The minimum atomic E-state index is -0.341. The quantitative estimate of drug-likeness (QED) is 0.794. The van der Waals surface area contributed by atoms with Crippen LogP contribution in [0, 0.1) is 0 Å². The van der Waals surface area contributed by atoms with E-state index in [1.54, 1.807) is 41.7 Å². The maximum absolute atomic E-state index is 11.8. The number of hydrogen-bond acceptors (Lipinski definition) is 4. The van der Waals surface area contributed by atoms with Crippen molar-refractivity contribution in [1.29, 1.82) is 0 Å². The van der Waals surface area contributed by atoms with Gasteiger partial charge in [0.2, 0.25) is 0 Å². The van der Waals surface area contributed by atoms with Gasteiger partial charge in [-0.1, -0.05) is 0 Å². The largest absolute Gasteiger partial charge is 0.447 e. The van der Waals surface area contributed by atoms with Gasteiger partial charge in [-0.25, -0.2) is 14.6 Å². The van der Waals surface area contributed by atoms with Crippen molar-refractivity contribution in [2.24, 2.45) is 0 Å². The summed E-state index contributed by atoms with van der Waals surface area (Å²) >= 11 is 0. The molecule has 0 aliphatic carbocycles. The van der Waals surface area contributed by atoms with Crippen molar-refractivity contribution in [3.63, 3.8) is 0 Å². The third-order valence-electron chi connectivity index (χ3n) is 3.64. The van der Waals surface area contributed by atoms with E-state index in [1.165, 1.54) is 0 Å². The van der Waals surface area contributed by atoms with Crippen molar-refractivity contribution in [3.05, 3.63) is 43.0 Å². The first-order valence-corrected chi connectivity index (χ1v) is 7.77. The van der Waals surface area contributed by atoms with Gasteiger partial charge in [-0.3, -0.25) is 4.90 Å². The summed E-state index contributed by atoms with van der Waals surface area (Å²) in [6.07, 6.45) is 5.84. The summed E-state index contributed by atoms with van der Waals surface area (Å²) < 4.78 is 6.86. The summed E-state index contributed by atoms with van der Waals surface area (Å²) in [5.41, 5.74) is 1.42. The molecule has 2 aromatic rings. The molecule has 1 aliphatic rings. The number of aromatic nitrogens is 2. The van der Waals surface area contributed by atoms with Gasteiger partial charge in [0.05, 0.1) is 12.9 Å². The smallest absolute Gasteiger partial charge is 0.414 e. The topological polar surface area (TPSA) is 88.5 Å². The van der Waals surface area contributed by atoms with Crippen molar-refractivity contribution < 1.29 is 14.3 Å². The fourth-order valence-corrected chi connectivity index (χ4v) is 2.41. The number of aryl methyl sites for hydroxylation is 1. The van der Waals surface area contributed by atoms with Crippen LogP contribution in [0.5, 0.6) is 0 Å². The number of amides is 3. The minimum absolute atomic E-state index is 0.256. The molecule has 1 aromatic heterocycles. The van der Waals surface area contributed by atoms with Gasteiger partial charge >= 0.3 is 12.1 Å². The SMILES string of the molecule is O=C(NCCCn1ccnc1)Nc1ccc(N2CCOC2=O)cc1. The van der Waals surface area contributed by atoms with Crippen LogP contribution in [0.2, 0.25) is 0 Å². The molecule has 3 amide bonds. The molecule has 0 saturated carbocycles. The van der Waals surface area contributed by atoms with Crippen LogP contribution in [0.25, 0.3) is 0 Å². The first kappa shape index (κ1) is 15.9. The molecule has 2 N–H and O–H groups in total. The Hall–Kier alpha value is -3.03. The molecule has 8 nitrogen and oxygen atoms in total. The Morgan fingerprint density at radius 2 is 2.12 bits per heavy atom. The zero-order valence-corrected chi connectivity index (χ0v) is 13.1. The number of cyclic esters (lactones) is 1. The van der Waals surface area contributed by atoms with Crippen LogP contribution in [0.4, 0.5) is 21.0 Å². The standard InChI is InChI=1S/C16H19N5O3/c22-15(18-6-1-8-20-9-7-17-12-20)19-13-2-4-14(5-3-13)21-10-11-24-16(21)23/h2-5,7,9,12H,1,6,8,10-11H2,(H2,18,19,22). The van der Waals surface area contributed by atoms with Crippen LogP contribution in [0.1, 0.15) is 6.42 Å². The third-order valence-corrected chi connectivity index (χ3v) is 3.64. The Labute approximate surface area is 139 Å². The highest BCUT2D eigenvalue weighted by molar-refractivity contribution is 5.91. The number of imidazole rings is 1. The van der Waals surface area contributed by atoms with Crippen LogP contribution in [0.15, 0.2) is 43.0 Å². The molecule has 2 heterocycles. The molecule has 8 heteroatoms. The molecule has 126 valence electrons. The first-order valence-electron chi connectivity index (χ1n) is 7.77. The van der Waals surface area contributed by atoms with E-state index in [-0.39, 0.29) is 12.1 Å². The summed E-state index contributed by atoms with van der Waals surface area (Å²) in [4.78, 5) is 28.8. The molecule has 1 saturated heterocycles. The Balaban J connectivity index is 1.42. The van der Waals surface area contributed by atoms with Crippen LogP contribution < -0.4 is 15.5 Å². The maximum atomic E-state index is 11.8. The van der Waals surface area contributed by atoms with E-state index < -0.39 is 0 Å². The van der Waals surface area contributed by atoms with E-state index in [9.17, 15) is 9.59 Å². The number of anilines is 2. The lowest BCUT2D eigenvalue weighted by Gasteiger charge is -2.13. The van der Waals surface area contributed by atoms with Gasteiger partial charge in [-0.15, -0.1) is 0 Å². The highest BCUT2D eigenvalue weighted by atomic mass is 16.6. The maximum Gasteiger partial charge on any atom is 0.414 e. The number of ether oxygens (including phenoxy) is 1. The number of urea groups is 1. The molecule has 0 bridgehead atoms. The van der Waals surface area contributed by atoms with Crippen LogP contribution in [-0.4, -0.2) is 41.4 Å².